The van der Waals surface area contributed by atoms with E-state index in [9.17, 15) is 58.4 Å². The van der Waals surface area contributed by atoms with Crippen LogP contribution in [0.1, 0.15) is 6.23 Å². The summed E-state index contributed by atoms with van der Waals surface area (Å²) in [4.78, 5) is 44.1. The number of nitrogens with one attached hydrogen (secondary N) is 1. The lowest BCUT2D eigenvalue weighted by Gasteiger charge is -2.39. The van der Waals surface area contributed by atoms with E-state index in [-0.39, 0.29) is 0 Å². The van der Waals surface area contributed by atoms with Crippen molar-refractivity contribution in [2.75, 3.05) is 13.2 Å². The van der Waals surface area contributed by atoms with Gasteiger partial charge in [-0.3, -0.25) is 23.4 Å². The largest absolute Gasteiger partial charge is 0.483 e. The molecular weight excluding hydrogens is 561 g/mol. The van der Waals surface area contributed by atoms with Gasteiger partial charge in [0, 0.05) is 0 Å². The van der Waals surface area contributed by atoms with Gasteiger partial charge in [-0.25, -0.2) is 13.9 Å². The van der Waals surface area contributed by atoms with Gasteiger partial charge in [0.15, 0.2) is 12.5 Å². The summed E-state index contributed by atoms with van der Waals surface area (Å²) in [5.41, 5.74) is -2.60. The first kappa shape index (κ1) is 30.1. The minimum Gasteiger partial charge on any atom is -0.394 e. The molecule has 1 aromatic rings. The zero-order valence-corrected chi connectivity index (χ0v) is 19.9. The molecule has 22 heteroatoms. The fourth-order valence-electron chi connectivity index (χ4n) is 3.37. The molecule has 3 rings (SSSR count). The van der Waals surface area contributed by atoms with Crippen LogP contribution < -0.4 is 11.2 Å². The Hall–Kier alpha value is -1.45. The average Bonchev–Trinajstić information content (AvgIpc) is 3.08. The monoisotopic (exact) mass is 584 g/mol. The lowest BCUT2D eigenvalue weighted by molar-refractivity contribution is -0.280. The maximum Gasteiger partial charge on any atom is 0.483 e. The summed E-state index contributed by atoms with van der Waals surface area (Å²) in [5.74, 6) is -1.43. The fourth-order valence-corrected chi connectivity index (χ4v) is 5.53. The fraction of sp³-hybridized carbons (Fsp3) is 0.733. The third-order valence-corrected chi connectivity index (χ3v) is 7.83. The molecule has 9 N–H and O–H groups in total. The van der Waals surface area contributed by atoms with Gasteiger partial charge in [-0.05, 0) is 0 Å². The van der Waals surface area contributed by atoms with Gasteiger partial charge >= 0.3 is 21.3 Å². The Balaban J connectivity index is 1.63. The zero-order valence-electron chi connectivity index (χ0n) is 18.2. The highest BCUT2D eigenvalue weighted by Crippen LogP contribution is 2.61. The maximum atomic E-state index is 13.5. The number of phosphoric acid groups is 2. The molecule has 2 aliphatic heterocycles. The smallest absolute Gasteiger partial charge is 0.394 e. The van der Waals surface area contributed by atoms with E-state index in [0.717, 1.165) is 0 Å². The number of nitrogens with zero attached hydrogens (tertiary/aromatic N) is 1. The standard InChI is InChI=1S/C15H23FN2O17P2/c16-4-1-18(15(26)17-12(4)25)13-10(23)8(21)6(32-13)3-31-36(27,28)35-37(29,30)34-14-11(24)9(22)7(20)5(2-19)33-14/h1,5-11,13-14,19-24H,2-3H2,(H,27,28)(H,29,30)(H,17,25,26)/t5-,6-,7+,8-,9+,10-,11-,13-,14-/m1/s1. The van der Waals surface area contributed by atoms with Gasteiger partial charge in [0.05, 0.1) is 19.4 Å². The topological polar surface area (TPSA) is 297 Å². The molecule has 3 heterocycles. The lowest BCUT2D eigenvalue weighted by Crippen LogP contribution is -2.58. The minimum absolute atomic E-state index is 0.378. The normalized spacial score (nSPS) is 37.7. The van der Waals surface area contributed by atoms with Crippen molar-refractivity contribution in [1.29, 1.82) is 0 Å². The van der Waals surface area contributed by atoms with E-state index in [2.05, 4.69) is 13.4 Å². The first-order chi connectivity index (χ1) is 17.1. The van der Waals surface area contributed by atoms with Crippen LogP contribution in [0.3, 0.4) is 0 Å². The van der Waals surface area contributed by atoms with Crippen molar-refractivity contribution in [3.63, 3.8) is 0 Å². The number of H-pyrrole nitrogens is 1. The summed E-state index contributed by atoms with van der Waals surface area (Å²) in [6.07, 6.45) is -16.8. The molecule has 0 saturated carbocycles. The number of aliphatic hydroxyl groups excluding tert-OH is 6. The summed E-state index contributed by atoms with van der Waals surface area (Å²) in [6, 6.07) is 0. The molecule has 0 amide bonds. The van der Waals surface area contributed by atoms with E-state index in [4.69, 9.17) is 14.6 Å². The number of aromatic amines is 1. The number of hydrogen-bond acceptors (Lipinski definition) is 15. The first-order valence-electron chi connectivity index (χ1n) is 10.1. The Kier molecular flexibility index (Phi) is 9.23. The molecule has 212 valence electrons. The number of phosphoric ester groups is 2. The molecule has 11 atom stereocenters. The molecule has 19 nitrogen and oxygen atoms in total. The van der Waals surface area contributed by atoms with Crippen LogP contribution in [-0.2, 0) is 32.0 Å². The molecule has 1 aromatic heterocycles. The van der Waals surface area contributed by atoms with Crippen molar-refractivity contribution >= 4 is 15.6 Å². The highest BCUT2D eigenvalue weighted by atomic mass is 31.3. The second kappa shape index (κ2) is 11.3. The van der Waals surface area contributed by atoms with E-state index in [0.29, 0.717) is 10.8 Å². The third-order valence-electron chi connectivity index (χ3n) is 5.23. The van der Waals surface area contributed by atoms with Crippen LogP contribution >= 0.6 is 15.6 Å². The van der Waals surface area contributed by atoms with Gasteiger partial charge in [0.2, 0.25) is 5.82 Å². The van der Waals surface area contributed by atoms with Crippen LogP contribution in [0.25, 0.3) is 0 Å². The van der Waals surface area contributed by atoms with Crippen LogP contribution in [-0.4, -0.2) is 112 Å². The Morgan fingerprint density at radius 1 is 0.946 bits per heavy atom. The summed E-state index contributed by atoms with van der Waals surface area (Å²) < 4.78 is 61.0. The van der Waals surface area contributed by atoms with Crippen LogP contribution in [0.5, 0.6) is 0 Å². The lowest BCUT2D eigenvalue weighted by atomic mass is 10.00. The summed E-state index contributed by atoms with van der Waals surface area (Å²) in [6.45, 7) is -2.04. The van der Waals surface area contributed by atoms with Gasteiger partial charge in [-0.2, -0.15) is 8.70 Å². The number of aromatic nitrogens is 2. The minimum atomic E-state index is -5.64. The second-order valence-electron chi connectivity index (χ2n) is 7.81. The Labute approximate surface area is 204 Å². The van der Waals surface area contributed by atoms with Gasteiger partial charge in [0.1, 0.15) is 42.7 Å². The number of rotatable bonds is 9. The molecule has 0 aliphatic carbocycles. The predicted octanol–water partition coefficient (Wildman–Crippen LogP) is -4.65. The Morgan fingerprint density at radius 2 is 1.57 bits per heavy atom. The molecule has 37 heavy (non-hydrogen) atoms. The van der Waals surface area contributed by atoms with Crippen LogP contribution in [0.15, 0.2) is 15.8 Å². The van der Waals surface area contributed by atoms with Gasteiger partial charge in [0.25, 0.3) is 5.56 Å². The number of aliphatic hydroxyl groups is 6. The summed E-state index contributed by atoms with van der Waals surface area (Å²) in [7, 11) is -11.2. The molecule has 2 aliphatic rings. The predicted molar refractivity (Wildman–Crippen MR) is 109 cm³/mol. The maximum absolute atomic E-state index is 13.5. The second-order valence-corrected chi connectivity index (χ2v) is 10.8. The van der Waals surface area contributed by atoms with Crippen LogP contribution in [0.2, 0.25) is 0 Å². The summed E-state index contributed by atoms with van der Waals surface area (Å²) in [5, 5.41) is 58.5. The van der Waals surface area contributed by atoms with Crippen molar-refractivity contribution in [3.8, 4) is 0 Å². The highest BCUT2D eigenvalue weighted by molar-refractivity contribution is 7.61. The molecule has 0 spiro atoms. The Morgan fingerprint density at radius 3 is 2.19 bits per heavy atom. The average molecular weight is 584 g/mol. The Bertz CT molecular complexity index is 1180. The molecule has 0 bridgehead atoms. The molecule has 0 radical (unpaired) electrons. The molecule has 2 unspecified atom stereocenters. The number of hydrogen-bond donors (Lipinski definition) is 9. The molecule has 2 saturated heterocycles. The number of halogens is 1. The molecule has 2 fully saturated rings. The van der Waals surface area contributed by atoms with E-state index in [1.165, 1.54) is 0 Å². The van der Waals surface area contributed by atoms with Gasteiger partial charge in [-0.15, -0.1) is 0 Å². The van der Waals surface area contributed by atoms with Crippen LogP contribution in [0, 0.1) is 5.82 Å². The van der Waals surface area contributed by atoms with Crippen molar-refractivity contribution in [1.82, 2.24) is 9.55 Å². The van der Waals surface area contributed by atoms with Crippen molar-refractivity contribution in [2.45, 2.75) is 55.2 Å². The van der Waals surface area contributed by atoms with E-state index in [1.807, 2.05) is 0 Å². The first-order valence-corrected chi connectivity index (χ1v) is 13.1. The van der Waals surface area contributed by atoms with Crippen molar-refractivity contribution in [2.24, 2.45) is 0 Å². The van der Waals surface area contributed by atoms with Gasteiger partial charge in [-0.1, -0.05) is 0 Å². The van der Waals surface area contributed by atoms with E-state index < -0.39 is 101 Å². The third kappa shape index (κ3) is 6.77. The number of ether oxygens (including phenoxy) is 2. The zero-order chi connectivity index (χ0) is 27.9. The van der Waals surface area contributed by atoms with E-state index in [1.54, 1.807) is 4.98 Å². The van der Waals surface area contributed by atoms with Crippen molar-refractivity contribution in [3.05, 3.63) is 32.9 Å². The van der Waals surface area contributed by atoms with E-state index >= 15 is 0 Å². The highest BCUT2D eigenvalue weighted by Gasteiger charge is 2.49. The summed E-state index contributed by atoms with van der Waals surface area (Å²) >= 11 is 0. The molecular formula is C15H23FN2O17P2. The molecule has 0 aromatic carbocycles. The van der Waals surface area contributed by atoms with Crippen molar-refractivity contribution < 1.29 is 76.8 Å². The quantitative estimate of drug-likeness (QED) is 0.123. The van der Waals surface area contributed by atoms with Gasteiger partial charge < -0.3 is 49.9 Å². The van der Waals surface area contributed by atoms with Crippen LogP contribution in [0.4, 0.5) is 4.39 Å². The SMILES string of the molecule is O=c1[nH]c(=O)n([C@@H]2O[C@H](COP(=O)(O)OP(=O)(O)O[C@H]3O[C@H](CO)[C@H](O)[C@H](O)[C@H]3O)[C@@H](O)[C@H]2O)cc1F.